The molecule has 3 aromatic rings. The summed E-state index contributed by atoms with van der Waals surface area (Å²) in [5, 5.41) is 17.8. The molecule has 1 aliphatic carbocycles. The summed E-state index contributed by atoms with van der Waals surface area (Å²) in [7, 11) is 1.49. The van der Waals surface area contributed by atoms with Crippen LogP contribution in [0, 0.1) is 5.82 Å². The maximum Gasteiger partial charge on any atom is 0.325 e. The molecule has 1 aromatic heterocycles. The zero-order valence-corrected chi connectivity index (χ0v) is 29.2. The highest BCUT2D eigenvalue weighted by molar-refractivity contribution is 7.14. The molecular formula is C37H43FN4O6S. The van der Waals surface area contributed by atoms with Crippen molar-refractivity contribution in [3.8, 4) is 11.5 Å². The van der Waals surface area contributed by atoms with Crippen LogP contribution in [-0.4, -0.2) is 54.4 Å². The van der Waals surface area contributed by atoms with Crippen molar-refractivity contribution in [2.24, 2.45) is 4.99 Å². The first-order chi connectivity index (χ1) is 23.3. The van der Waals surface area contributed by atoms with Crippen LogP contribution in [0.4, 0.5) is 4.39 Å². The molecule has 5 rings (SSSR count). The molecule has 1 unspecified atom stereocenters. The zero-order chi connectivity index (χ0) is 35.3. The van der Waals surface area contributed by atoms with Gasteiger partial charge in [0.25, 0.3) is 5.91 Å². The number of halogens is 1. The Hall–Kier alpha value is -4.71. The molecule has 0 bridgehead atoms. The zero-order valence-electron chi connectivity index (χ0n) is 28.3. The van der Waals surface area contributed by atoms with Gasteiger partial charge in [-0.25, -0.2) is 4.39 Å². The Morgan fingerprint density at radius 3 is 2.37 bits per heavy atom. The Bertz CT molecular complexity index is 1740. The number of hydrogen-bond acceptors (Lipinski definition) is 8. The van der Waals surface area contributed by atoms with Crippen LogP contribution < -0.4 is 25.4 Å². The highest BCUT2D eigenvalue weighted by Gasteiger charge is 2.28. The number of hydrogen-bond donors (Lipinski definition) is 4. The van der Waals surface area contributed by atoms with Crippen LogP contribution in [0.2, 0.25) is 0 Å². The molecule has 2 aliphatic rings. The van der Waals surface area contributed by atoms with Gasteiger partial charge in [-0.15, -0.1) is 11.3 Å². The average Bonchev–Trinajstić information content (AvgIpc) is 3.79. The number of thiophene rings is 1. The molecule has 2 heterocycles. The summed E-state index contributed by atoms with van der Waals surface area (Å²) in [6.07, 6.45) is 6.90. The summed E-state index contributed by atoms with van der Waals surface area (Å²) in [5.74, 6) is -2.21. The molecule has 0 saturated heterocycles. The van der Waals surface area contributed by atoms with E-state index in [1.807, 2.05) is 30.3 Å². The molecule has 260 valence electrons. The summed E-state index contributed by atoms with van der Waals surface area (Å²) in [6, 6.07) is 12.2. The van der Waals surface area contributed by atoms with Crippen molar-refractivity contribution < 1.29 is 33.4 Å². The molecule has 4 N–H and O–H groups in total. The number of aliphatic imine (C=N–C) groups is 1. The first-order valence-electron chi connectivity index (χ1n) is 16.4. The van der Waals surface area contributed by atoms with E-state index in [-0.39, 0.29) is 23.7 Å². The Morgan fingerprint density at radius 1 is 1.06 bits per heavy atom. The van der Waals surface area contributed by atoms with Gasteiger partial charge in [0.1, 0.15) is 18.2 Å². The van der Waals surface area contributed by atoms with Gasteiger partial charge in [-0.05, 0) is 73.4 Å². The largest absolute Gasteiger partial charge is 0.493 e. The van der Waals surface area contributed by atoms with E-state index in [2.05, 4.69) is 41.7 Å². The second kappa shape index (κ2) is 15.2. The average molecular weight is 691 g/mol. The predicted molar refractivity (Wildman–Crippen MR) is 188 cm³/mol. The number of aliphatic carboxylic acids is 1. The molecule has 1 aliphatic heterocycles. The van der Waals surface area contributed by atoms with Crippen LogP contribution in [0.15, 0.2) is 59.7 Å². The lowest BCUT2D eigenvalue weighted by atomic mass is 9.95. The Morgan fingerprint density at radius 2 is 1.78 bits per heavy atom. The van der Waals surface area contributed by atoms with E-state index in [0.29, 0.717) is 21.8 Å². The predicted octanol–water partition coefficient (Wildman–Crippen LogP) is 6.16. The fourth-order valence-corrected chi connectivity index (χ4v) is 6.65. The van der Waals surface area contributed by atoms with Crippen molar-refractivity contribution >= 4 is 40.9 Å². The normalized spacial score (nSPS) is 17.4. The van der Waals surface area contributed by atoms with Gasteiger partial charge in [0.05, 0.1) is 18.1 Å². The molecule has 49 heavy (non-hydrogen) atoms. The van der Waals surface area contributed by atoms with Crippen molar-refractivity contribution in [2.45, 2.75) is 89.6 Å². The van der Waals surface area contributed by atoms with Crippen LogP contribution in [-0.2, 0) is 21.4 Å². The molecule has 1 saturated carbocycles. The molecule has 0 radical (unpaired) electrons. The molecule has 0 spiro atoms. The first-order valence-corrected chi connectivity index (χ1v) is 17.2. The van der Waals surface area contributed by atoms with Gasteiger partial charge in [0.2, 0.25) is 5.91 Å². The van der Waals surface area contributed by atoms with Crippen molar-refractivity contribution in [2.75, 3.05) is 7.11 Å². The summed E-state index contributed by atoms with van der Waals surface area (Å²) in [6.45, 7) is 7.54. The Kier molecular flexibility index (Phi) is 11.1. The van der Waals surface area contributed by atoms with Gasteiger partial charge in [-0.1, -0.05) is 45.0 Å². The number of ether oxygens (including phenoxy) is 2. The van der Waals surface area contributed by atoms with Gasteiger partial charge < -0.3 is 30.5 Å². The smallest absolute Gasteiger partial charge is 0.325 e. The lowest BCUT2D eigenvalue weighted by Crippen LogP contribution is -2.51. The Balaban J connectivity index is 1.27. The van der Waals surface area contributed by atoms with E-state index in [1.165, 1.54) is 25.4 Å². The topological polar surface area (TPSA) is 138 Å². The summed E-state index contributed by atoms with van der Waals surface area (Å²) >= 11 is 1.36. The fourth-order valence-electron chi connectivity index (χ4n) is 5.69. The third kappa shape index (κ3) is 8.66. The second-order valence-electron chi connectivity index (χ2n) is 13.4. The summed E-state index contributed by atoms with van der Waals surface area (Å²) in [5.41, 5.74) is 2.35. The van der Waals surface area contributed by atoms with E-state index in [1.54, 1.807) is 30.6 Å². The lowest BCUT2D eigenvalue weighted by molar-refractivity contribution is -0.141. The number of nitrogens with zero attached hydrogens (tertiary/aromatic N) is 1. The van der Waals surface area contributed by atoms with E-state index in [9.17, 15) is 19.5 Å². The monoisotopic (exact) mass is 690 g/mol. The maximum absolute atomic E-state index is 15.7. The number of benzene rings is 2. The maximum atomic E-state index is 15.7. The fraction of sp³-hybridized carbons (Fsp3) is 0.405. The van der Waals surface area contributed by atoms with Gasteiger partial charge in [0, 0.05) is 34.8 Å². The third-order valence-corrected chi connectivity index (χ3v) is 10.1. The molecule has 2 aromatic carbocycles. The minimum absolute atomic E-state index is 0.0324. The van der Waals surface area contributed by atoms with Crippen LogP contribution in [0.25, 0.3) is 5.57 Å². The number of rotatable bonds is 12. The number of carbonyl (C=O) groups is 3. The van der Waals surface area contributed by atoms with E-state index in [4.69, 9.17) is 9.47 Å². The van der Waals surface area contributed by atoms with Crippen molar-refractivity contribution in [3.63, 3.8) is 0 Å². The highest BCUT2D eigenvalue weighted by atomic mass is 32.1. The standard InChI is InChI=1S/C37H43FN4O6S/c1-21(36(45)46)41-34(43)27(42-35(44)29-16-17-30(49-29)37(2,3)4)18-22-10-12-23(13-11-22)33-39-19-24(20-40-33)26-14-15-28(47-5)32(31(26)38)48-25-8-6-7-9-25/h10-17,19-21,25,27,33,39H,6-9,18H2,1-5H3,(H,41,43)(H,42,44)(H,45,46)/t21-,27+,33?/m1/s1. The van der Waals surface area contributed by atoms with E-state index >= 15 is 4.39 Å². The van der Waals surface area contributed by atoms with E-state index in [0.717, 1.165) is 41.7 Å². The molecular weight excluding hydrogens is 647 g/mol. The van der Waals surface area contributed by atoms with Crippen LogP contribution in [0.5, 0.6) is 11.5 Å². The van der Waals surface area contributed by atoms with Crippen molar-refractivity contribution in [3.05, 3.63) is 87.0 Å². The quantitative estimate of drug-likeness (QED) is 0.179. The first kappa shape index (κ1) is 35.6. The third-order valence-electron chi connectivity index (χ3n) is 8.59. The number of nitrogens with one attached hydrogen (secondary N) is 3. The lowest BCUT2D eigenvalue weighted by Gasteiger charge is -2.22. The molecule has 1 fully saturated rings. The van der Waals surface area contributed by atoms with E-state index < -0.39 is 41.9 Å². The Labute approximate surface area is 289 Å². The van der Waals surface area contributed by atoms with Crippen molar-refractivity contribution in [1.29, 1.82) is 0 Å². The highest BCUT2D eigenvalue weighted by Crippen LogP contribution is 2.38. The summed E-state index contributed by atoms with van der Waals surface area (Å²) < 4.78 is 27.1. The number of carbonyl (C=O) groups excluding carboxylic acids is 2. The van der Waals surface area contributed by atoms with Crippen molar-refractivity contribution in [1.82, 2.24) is 16.0 Å². The van der Waals surface area contributed by atoms with Gasteiger partial charge in [0.15, 0.2) is 17.3 Å². The van der Waals surface area contributed by atoms with Gasteiger partial charge in [-0.2, -0.15) is 0 Å². The second-order valence-corrected chi connectivity index (χ2v) is 14.5. The SMILES string of the molecule is COc1ccc(C2=CNC(c3ccc(C[C@H](NC(=O)c4ccc(C(C)(C)C)s4)C(=O)N[C@H](C)C(=O)O)cc3)N=C2)c(F)c1OC1CCCC1. The number of amides is 2. The van der Waals surface area contributed by atoms with Gasteiger partial charge >= 0.3 is 5.97 Å². The van der Waals surface area contributed by atoms with Crippen LogP contribution >= 0.6 is 11.3 Å². The molecule has 2 amide bonds. The molecule has 10 nitrogen and oxygen atoms in total. The van der Waals surface area contributed by atoms with Crippen LogP contribution in [0.1, 0.15) is 90.8 Å². The number of allylic oxidation sites excluding steroid dienone is 1. The number of carboxylic acids is 1. The molecule has 12 heteroatoms. The van der Waals surface area contributed by atoms with Gasteiger partial charge in [-0.3, -0.25) is 19.4 Å². The summed E-state index contributed by atoms with van der Waals surface area (Å²) in [4.78, 5) is 43.9. The minimum atomic E-state index is -1.18. The molecule has 3 atom stereocenters. The minimum Gasteiger partial charge on any atom is -0.493 e. The number of carboxylic acid groups (broad SMARTS) is 1. The number of methoxy groups -OCH3 is 1. The van der Waals surface area contributed by atoms with Crippen LogP contribution in [0.3, 0.4) is 0 Å².